The van der Waals surface area contributed by atoms with Crippen LogP contribution in [0.25, 0.3) is 0 Å². The minimum atomic E-state index is -0.0425. The summed E-state index contributed by atoms with van der Waals surface area (Å²) in [5.74, 6) is 0.300. The van der Waals surface area contributed by atoms with Gasteiger partial charge in [0.2, 0.25) is 0 Å². The SMILES string of the molecule is O=C(c1ccc(Cl)o1)N1CCC2CC1CN2. The second-order valence-electron chi connectivity index (χ2n) is 4.39. The summed E-state index contributed by atoms with van der Waals surface area (Å²) in [6.45, 7) is 1.70. The van der Waals surface area contributed by atoms with Gasteiger partial charge in [-0.05, 0) is 36.6 Å². The summed E-state index contributed by atoms with van der Waals surface area (Å²) in [4.78, 5) is 14.0. The van der Waals surface area contributed by atoms with Crippen molar-refractivity contribution in [3.05, 3.63) is 23.1 Å². The highest BCUT2D eigenvalue weighted by Crippen LogP contribution is 2.25. The smallest absolute Gasteiger partial charge is 0.289 e. The van der Waals surface area contributed by atoms with Crippen LogP contribution in [0.1, 0.15) is 23.4 Å². The molecular weight excluding hydrogens is 228 g/mol. The number of carbonyl (C=O) groups is 1. The van der Waals surface area contributed by atoms with Crippen molar-refractivity contribution in [3.63, 3.8) is 0 Å². The molecule has 4 nitrogen and oxygen atoms in total. The zero-order valence-corrected chi connectivity index (χ0v) is 9.54. The molecule has 2 aliphatic rings. The van der Waals surface area contributed by atoms with Gasteiger partial charge in [0.15, 0.2) is 11.0 Å². The molecule has 2 fully saturated rings. The number of rotatable bonds is 1. The number of fused-ring (bicyclic) bond motifs is 2. The Kier molecular flexibility index (Phi) is 2.41. The number of nitrogens with one attached hydrogen (secondary N) is 1. The first kappa shape index (κ1) is 10.2. The Morgan fingerprint density at radius 3 is 3.19 bits per heavy atom. The average Bonchev–Trinajstić information content (AvgIpc) is 2.86. The first-order valence-corrected chi connectivity index (χ1v) is 5.91. The first-order chi connectivity index (χ1) is 7.74. The van der Waals surface area contributed by atoms with E-state index in [1.54, 1.807) is 12.1 Å². The molecule has 1 N–H and O–H groups in total. The predicted octanol–water partition coefficient (Wildman–Crippen LogP) is 1.51. The van der Waals surface area contributed by atoms with Crippen molar-refractivity contribution in [1.82, 2.24) is 10.2 Å². The number of carbonyl (C=O) groups excluding carboxylic acids is 1. The molecule has 0 aromatic carbocycles. The molecule has 0 saturated carbocycles. The molecule has 86 valence electrons. The first-order valence-electron chi connectivity index (χ1n) is 5.54. The van der Waals surface area contributed by atoms with Crippen molar-refractivity contribution in [3.8, 4) is 0 Å². The Morgan fingerprint density at radius 1 is 1.56 bits per heavy atom. The molecule has 2 atom stereocenters. The van der Waals surface area contributed by atoms with Crippen LogP contribution in [0, 0.1) is 0 Å². The number of nitrogens with zero attached hydrogens (tertiary/aromatic N) is 1. The van der Waals surface area contributed by atoms with Gasteiger partial charge in [0.1, 0.15) is 0 Å². The summed E-state index contributed by atoms with van der Waals surface area (Å²) in [7, 11) is 0. The Morgan fingerprint density at radius 2 is 2.44 bits per heavy atom. The van der Waals surface area contributed by atoms with Crippen molar-refractivity contribution in [2.75, 3.05) is 13.1 Å². The average molecular weight is 241 g/mol. The largest absolute Gasteiger partial charge is 0.440 e. The molecule has 1 aromatic rings. The monoisotopic (exact) mass is 240 g/mol. The Balaban J connectivity index is 1.79. The molecule has 2 bridgehead atoms. The predicted molar refractivity (Wildman–Crippen MR) is 59.6 cm³/mol. The molecular formula is C11H13ClN2O2. The van der Waals surface area contributed by atoms with Gasteiger partial charge in [-0.3, -0.25) is 4.79 Å². The Bertz CT molecular complexity index is 418. The van der Waals surface area contributed by atoms with E-state index in [-0.39, 0.29) is 11.1 Å². The molecule has 2 saturated heterocycles. The van der Waals surface area contributed by atoms with Crippen LogP contribution in [0.2, 0.25) is 5.22 Å². The molecule has 16 heavy (non-hydrogen) atoms. The van der Waals surface area contributed by atoms with Gasteiger partial charge in [-0.15, -0.1) is 0 Å². The number of hydrogen-bond donors (Lipinski definition) is 1. The van der Waals surface area contributed by atoms with E-state index in [2.05, 4.69) is 5.32 Å². The summed E-state index contributed by atoms with van der Waals surface area (Å²) < 4.78 is 5.16. The van der Waals surface area contributed by atoms with Crippen molar-refractivity contribution in [2.24, 2.45) is 0 Å². The lowest BCUT2D eigenvalue weighted by atomic mass is 10.0. The number of piperidine rings is 1. The summed E-state index contributed by atoms with van der Waals surface area (Å²) in [6.07, 6.45) is 2.08. The summed E-state index contributed by atoms with van der Waals surface area (Å²) in [5.41, 5.74) is 0. The van der Waals surface area contributed by atoms with Crippen LogP contribution >= 0.6 is 11.6 Å². The van der Waals surface area contributed by atoms with E-state index in [9.17, 15) is 4.79 Å². The third kappa shape index (κ3) is 1.62. The van der Waals surface area contributed by atoms with Gasteiger partial charge >= 0.3 is 0 Å². The summed E-state index contributed by atoms with van der Waals surface area (Å²) >= 11 is 5.67. The van der Waals surface area contributed by atoms with E-state index in [1.807, 2.05) is 4.90 Å². The fraction of sp³-hybridized carbons (Fsp3) is 0.545. The van der Waals surface area contributed by atoms with Gasteiger partial charge in [0, 0.05) is 25.2 Å². The molecule has 1 aromatic heterocycles. The fourth-order valence-corrected chi connectivity index (χ4v) is 2.72. The fourth-order valence-electron chi connectivity index (χ4n) is 2.57. The van der Waals surface area contributed by atoms with E-state index in [0.29, 0.717) is 17.8 Å². The van der Waals surface area contributed by atoms with Crippen molar-refractivity contribution in [2.45, 2.75) is 24.9 Å². The summed E-state index contributed by atoms with van der Waals surface area (Å²) in [5, 5.41) is 3.68. The van der Waals surface area contributed by atoms with Crippen LogP contribution in [-0.4, -0.2) is 36.0 Å². The molecule has 2 aliphatic heterocycles. The Labute approximate surface area is 98.5 Å². The Hall–Kier alpha value is -1.00. The van der Waals surface area contributed by atoms with Crippen LogP contribution in [0.15, 0.2) is 16.5 Å². The van der Waals surface area contributed by atoms with E-state index in [1.165, 1.54) is 0 Å². The topological polar surface area (TPSA) is 45.5 Å². The zero-order chi connectivity index (χ0) is 11.1. The molecule has 3 heterocycles. The van der Waals surface area contributed by atoms with E-state index < -0.39 is 0 Å². The molecule has 5 heteroatoms. The normalized spacial score (nSPS) is 28.4. The lowest BCUT2D eigenvalue weighted by Gasteiger charge is -2.31. The van der Waals surface area contributed by atoms with Crippen LogP contribution in [0.5, 0.6) is 0 Å². The molecule has 0 aliphatic carbocycles. The van der Waals surface area contributed by atoms with Crippen LogP contribution in [0.4, 0.5) is 0 Å². The standard InChI is InChI=1S/C11H13ClN2O2/c12-10-2-1-9(16-10)11(15)14-4-3-7-5-8(14)6-13-7/h1-2,7-8,13H,3-6H2. The van der Waals surface area contributed by atoms with Gasteiger partial charge < -0.3 is 14.6 Å². The van der Waals surface area contributed by atoms with Crippen molar-refractivity contribution >= 4 is 17.5 Å². The zero-order valence-electron chi connectivity index (χ0n) is 8.78. The highest BCUT2D eigenvalue weighted by Gasteiger charge is 2.37. The maximum absolute atomic E-state index is 12.1. The van der Waals surface area contributed by atoms with Gasteiger partial charge in [0.25, 0.3) is 5.91 Å². The highest BCUT2D eigenvalue weighted by molar-refractivity contribution is 6.29. The number of hydrogen-bond acceptors (Lipinski definition) is 3. The maximum atomic E-state index is 12.1. The third-order valence-corrected chi connectivity index (χ3v) is 3.61. The number of furan rings is 1. The van der Waals surface area contributed by atoms with Gasteiger partial charge in [-0.25, -0.2) is 0 Å². The molecule has 2 unspecified atom stereocenters. The quantitative estimate of drug-likeness (QED) is 0.810. The van der Waals surface area contributed by atoms with Crippen LogP contribution in [0.3, 0.4) is 0 Å². The van der Waals surface area contributed by atoms with Crippen LogP contribution in [-0.2, 0) is 0 Å². The third-order valence-electron chi connectivity index (χ3n) is 3.40. The molecule has 3 rings (SSSR count). The number of likely N-dealkylation sites (tertiary alicyclic amines) is 1. The number of halogens is 1. The molecule has 1 amide bonds. The maximum Gasteiger partial charge on any atom is 0.289 e. The highest BCUT2D eigenvalue weighted by atomic mass is 35.5. The van der Waals surface area contributed by atoms with Gasteiger partial charge in [-0.2, -0.15) is 0 Å². The van der Waals surface area contributed by atoms with E-state index in [4.69, 9.17) is 16.0 Å². The van der Waals surface area contributed by atoms with E-state index in [0.717, 1.165) is 25.9 Å². The van der Waals surface area contributed by atoms with Crippen molar-refractivity contribution in [1.29, 1.82) is 0 Å². The van der Waals surface area contributed by atoms with Crippen LogP contribution < -0.4 is 5.32 Å². The van der Waals surface area contributed by atoms with Gasteiger partial charge in [-0.1, -0.05) is 0 Å². The lowest BCUT2D eigenvalue weighted by Crippen LogP contribution is -2.44. The van der Waals surface area contributed by atoms with Gasteiger partial charge in [0.05, 0.1) is 0 Å². The minimum absolute atomic E-state index is 0.0425. The second kappa shape index (κ2) is 3.79. The molecule has 0 spiro atoms. The lowest BCUT2D eigenvalue weighted by molar-refractivity contribution is 0.0625. The molecule has 0 radical (unpaired) electrons. The second-order valence-corrected chi connectivity index (χ2v) is 4.76. The summed E-state index contributed by atoms with van der Waals surface area (Å²) in [6, 6.07) is 4.15. The number of amides is 1. The van der Waals surface area contributed by atoms with Crippen molar-refractivity contribution < 1.29 is 9.21 Å². The van der Waals surface area contributed by atoms with E-state index >= 15 is 0 Å². The minimum Gasteiger partial charge on any atom is -0.440 e.